The molecule has 0 saturated carbocycles. The fourth-order valence-electron chi connectivity index (χ4n) is 5.68. The maximum Gasteiger partial charge on any atom is 0.472 e. The molecule has 0 aromatic heterocycles. The number of rotatable bonds is 39. The Morgan fingerprint density at radius 2 is 1.00 bits per heavy atom. The van der Waals surface area contributed by atoms with Crippen LogP contribution in [-0.2, 0) is 32.7 Å². The molecule has 0 aliphatic carbocycles. The van der Waals surface area contributed by atoms with E-state index < -0.39 is 26.5 Å². The van der Waals surface area contributed by atoms with Gasteiger partial charge in [-0.15, -0.1) is 0 Å². The van der Waals surface area contributed by atoms with Crippen molar-refractivity contribution >= 4 is 19.8 Å². The zero-order valence-electron chi connectivity index (χ0n) is 35.5. The highest BCUT2D eigenvalue weighted by atomic mass is 31.2. The zero-order valence-corrected chi connectivity index (χ0v) is 36.3. The van der Waals surface area contributed by atoms with Crippen LogP contribution in [0.4, 0.5) is 0 Å². The minimum atomic E-state index is -4.38. The highest BCUT2D eigenvalue weighted by molar-refractivity contribution is 7.47. The maximum atomic E-state index is 12.7. The summed E-state index contributed by atoms with van der Waals surface area (Å²) in [7, 11) is 1.46. The van der Waals surface area contributed by atoms with E-state index in [2.05, 4.69) is 50.3 Å². The van der Waals surface area contributed by atoms with Crippen molar-refractivity contribution in [1.29, 1.82) is 0 Å². The van der Waals surface area contributed by atoms with Gasteiger partial charge in [0.05, 0.1) is 27.7 Å². The maximum absolute atomic E-state index is 12.7. The molecule has 1 N–H and O–H groups in total. The molecule has 316 valence electrons. The topological polar surface area (TPSA) is 108 Å². The third kappa shape index (κ3) is 39.9. The molecule has 0 saturated heterocycles. The van der Waals surface area contributed by atoms with Crippen LogP contribution in [0, 0.1) is 0 Å². The lowest BCUT2D eigenvalue weighted by Crippen LogP contribution is -2.37. The molecule has 2 unspecified atom stereocenters. The number of phosphoric ester groups is 1. The number of likely N-dealkylation sites (N-methyl/N-ethyl adjacent to an activating group) is 1. The molecule has 54 heavy (non-hydrogen) atoms. The molecule has 0 rings (SSSR count). The van der Waals surface area contributed by atoms with Crippen LogP contribution in [0.2, 0.25) is 0 Å². The van der Waals surface area contributed by atoms with Crippen LogP contribution in [0.3, 0.4) is 0 Å². The molecule has 10 heteroatoms. The van der Waals surface area contributed by atoms with Crippen molar-refractivity contribution in [3.05, 3.63) is 36.5 Å². The molecule has 0 bridgehead atoms. The Morgan fingerprint density at radius 3 is 1.52 bits per heavy atom. The molecule has 0 aliphatic rings. The molecular formula is C44H83NO8P+. The van der Waals surface area contributed by atoms with Gasteiger partial charge in [0.1, 0.15) is 19.8 Å². The van der Waals surface area contributed by atoms with Crippen LogP contribution >= 0.6 is 7.82 Å². The lowest BCUT2D eigenvalue weighted by atomic mass is 10.1. The smallest absolute Gasteiger partial charge is 0.462 e. The summed E-state index contributed by atoms with van der Waals surface area (Å²) < 4.78 is 34.3. The second-order valence-corrected chi connectivity index (χ2v) is 17.2. The standard InChI is InChI=1S/C44H82NO8P/c1-6-8-10-12-14-16-18-20-22-24-26-28-30-32-34-36-43(46)50-40-42(41-52-54(48,49)51-39-38-45(3,4)5)53-44(47)37-35-33-31-29-27-25-23-21-19-17-15-13-11-9-7-2/h15,17,20-23,42H,6-14,16,18-19,24-41H2,1-5H3/p+1/b17-15-,22-20-,23-21-. The average Bonchev–Trinajstić information content (AvgIpc) is 3.12. The molecule has 0 radical (unpaired) electrons. The predicted molar refractivity (Wildman–Crippen MR) is 224 cm³/mol. The van der Waals surface area contributed by atoms with E-state index in [1.54, 1.807) is 0 Å². The van der Waals surface area contributed by atoms with Crippen molar-refractivity contribution in [3.63, 3.8) is 0 Å². The molecule has 0 aromatic rings. The SMILES string of the molecule is CCCCC/C=C\C/C=C\CCCCCCCC(=O)OC(COC(=O)CCCCCCC/C=C\CCCCCCCC)COP(=O)(O)OCC[N+](C)(C)C. The average molecular weight is 785 g/mol. The third-order valence-electron chi connectivity index (χ3n) is 9.14. The number of hydrogen-bond donors (Lipinski definition) is 1. The Bertz CT molecular complexity index is 1020. The van der Waals surface area contributed by atoms with Crippen molar-refractivity contribution in [3.8, 4) is 0 Å². The van der Waals surface area contributed by atoms with Crippen LogP contribution in [0.1, 0.15) is 181 Å². The van der Waals surface area contributed by atoms with E-state index in [1.165, 1.54) is 70.6 Å². The number of unbranched alkanes of at least 4 members (excludes halogenated alkanes) is 19. The number of carbonyl (C=O) groups is 2. The molecule has 9 nitrogen and oxygen atoms in total. The van der Waals surface area contributed by atoms with E-state index in [0.29, 0.717) is 17.4 Å². The molecular weight excluding hydrogens is 701 g/mol. The Labute approximate surface area is 331 Å². The minimum absolute atomic E-state index is 0.0273. The van der Waals surface area contributed by atoms with E-state index in [-0.39, 0.29) is 32.0 Å². The molecule has 0 aromatic carbocycles. The zero-order chi connectivity index (χ0) is 40.0. The first-order valence-corrected chi connectivity index (χ1v) is 23.2. The minimum Gasteiger partial charge on any atom is -0.462 e. The van der Waals surface area contributed by atoms with Crippen LogP contribution in [0.25, 0.3) is 0 Å². The van der Waals surface area contributed by atoms with Gasteiger partial charge in [-0.05, 0) is 70.6 Å². The van der Waals surface area contributed by atoms with Crippen molar-refractivity contribution < 1.29 is 42.1 Å². The third-order valence-corrected chi connectivity index (χ3v) is 10.1. The monoisotopic (exact) mass is 785 g/mol. The van der Waals surface area contributed by atoms with Crippen molar-refractivity contribution in [2.45, 2.75) is 187 Å². The number of phosphoric acid groups is 1. The van der Waals surface area contributed by atoms with Crippen LogP contribution < -0.4 is 0 Å². The van der Waals surface area contributed by atoms with E-state index in [0.717, 1.165) is 77.0 Å². The largest absolute Gasteiger partial charge is 0.472 e. The number of esters is 2. The number of quaternary nitrogens is 1. The summed E-state index contributed by atoms with van der Waals surface area (Å²) in [5.41, 5.74) is 0. The number of nitrogens with zero attached hydrogens (tertiary/aromatic N) is 1. The lowest BCUT2D eigenvalue weighted by molar-refractivity contribution is -0.870. The molecule has 0 aliphatic heterocycles. The molecule has 0 spiro atoms. The van der Waals surface area contributed by atoms with E-state index in [4.69, 9.17) is 18.5 Å². The normalized spacial score (nSPS) is 14.0. The van der Waals surface area contributed by atoms with Crippen molar-refractivity contribution in [2.75, 3.05) is 47.5 Å². The lowest BCUT2D eigenvalue weighted by Gasteiger charge is -2.24. The number of ether oxygens (including phenoxy) is 2. The summed E-state index contributed by atoms with van der Waals surface area (Å²) in [5, 5.41) is 0. The van der Waals surface area contributed by atoms with Crippen molar-refractivity contribution in [1.82, 2.24) is 0 Å². The Hall–Kier alpha value is -1.77. The molecule has 2 atom stereocenters. The highest BCUT2D eigenvalue weighted by Crippen LogP contribution is 2.43. The van der Waals surface area contributed by atoms with E-state index >= 15 is 0 Å². The fourth-order valence-corrected chi connectivity index (χ4v) is 6.43. The van der Waals surface area contributed by atoms with Gasteiger partial charge in [-0.2, -0.15) is 0 Å². The van der Waals surface area contributed by atoms with E-state index in [9.17, 15) is 19.0 Å². The van der Waals surface area contributed by atoms with Crippen LogP contribution in [-0.4, -0.2) is 74.9 Å². The summed E-state index contributed by atoms with van der Waals surface area (Å²) in [5.74, 6) is -0.824. The molecule has 0 heterocycles. The Morgan fingerprint density at radius 1 is 0.574 bits per heavy atom. The van der Waals surface area contributed by atoms with Gasteiger partial charge in [-0.1, -0.05) is 134 Å². The summed E-state index contributed by atoms with van der Waals surface area (Å²) in [6.45, 7) is 4.36. The van der Waals surface area contributed by atoms with Crippen LogP contribution in [0.5, 0.6) is 0 Å². The molecule has 0 fully saturated rings. The Kier molecular flexibility index (Phi) is 35.6. The predicted octanol–water partition coefficient (Wildman–Crippen LogP) is 12.1. The van der Waals surface area contributed by atoms with E-state index in [1.807, 2.05) is 21.1 Å². The van der Waals surface area contributed by atoms with Gasteiger partial charge in [0.25, 0.3) is 0 Å². The van der Waals surface area contributed by atoms with Gasteiger partial charge in [-0.3, -0.25) is 18.6 Å². The number of hydrogen-bond acceptors (Lipinski definition) is 7. The summed E-state index contributed by atoms with van der Waals surface area (Å²) in [6, 6.07) is 0. The second kappa shape index (κ2) is 36.8. The first-order chi connectivity index (χ1) is 26.0. The van der Waals surface area contributed by atoms with Crippen molar-refractivity contribution in [2.24, 2.45) is 0 Å². The van der Waals surface area contributed by atoms with Gasteiger partial charge < -0.3 is 18.9 Å². The Balaban J connectivity index is 4.41. The quantitative estimate of drug-likeness (QED) is 0.0216. The summed E-state index contributed by atoms with van der Waals surface area (Å²) in [6.07, 6.45) is 40.4. The second-order valence-electron chi connectivity index (χ2n) is 15.7. The van der Waals surface area contributed by atoms with Gasteiger partial charge in [0.2, 0.25) is 0 Å². The van der Waals surface area contributed by atoms with Gasteiger partial charge in [-0.25, -0.2) is 4.57 Å². The first-order valence-electron chi connectivity index (χ1n) is 21.7. The van der Waals surface area contributed by atoms with Gasteiger partial charge in [0, 0.05) is 12.8 Å². The first kappa shape index (κ1) is 52.2. The fraction of sp³-hybridized carbons (Fsp3) is 0.818. The summed E-state index contributed by atoms with van der Waals surface area (Å²) >= 11 is 0. The van der Waals surface area contributed by atoms with Crippen LogP contribution in [0.15, 0.2) is 36.5 Å². The highest BCUT2D eigenvalue weighted by Gasteiger charge is 2.27. The summed E-state index contributed by atoms with van der Waals surface area (Å²) in [4.78, 5) is 35.3. The number of carbonyl (C=O) groups excluding carboxylic acids is 2. The number of allylic oxidation sites excluding steroid dienone is 6. The molecule has 0 amide bonds. The van der Waals surface area contributed by atoms with Gasteiger partial charge >= 0.3 is 19.8 Å². The van der Waals surface area contributed by atoms with Gasteiger partial charge in [0.15, 0.2) is 6.10 Å².